The zero-order chi connectivity index (χ0) is 62.9. The van der Waals surface area contributed by atoms with Crippen molar-refractivity contribution in [3.05, 3.63) is 205 Å². The van der Waals surface area contributed by atoms with Crippen LogP contribution in [-0.4, -0.2) is 4.57 Å². The van der Waals surface area contributed by atoms with Crippen LogP contribution in [0.4, 0.5) is 17.1 Å². The number of rotatable bonds is 7. The molecule has 0 aliphatic carbocycles. The van der Waals surface area contributed by atoms with E-state index in [2.05, 4.69) is 0 Å². The van der Waals surface area contributed by atoms with Gasteiger partial charge >= 0.3 is 0 Å². The predicted molar refractivity (Wildman–Crippen MR) is 212 cm³/mol. The molecule has 1 heterocycles. The van der Waals surface area contributed by atoms with Gasteiger partial charge in [-0.3, -0.25) is 0 Å². The maximum Gasteiger partial charge on any atom is 0.0645 e. The third kappa shape index (κ3) is 5.24. The number of aromatic nitrogens is 1. The Labute approximate surface area is 340 Å². The van der Waals surface area contributed by atoms with Gasteiger partial charge in [0.25, 0.3) is 0 Å². The third-order valence-electron chi connectivity index (χ3n) is 7.24. The average molecular weight is 673 g/mol. The summed E-state index contributed by atoms with van der Waals surface area (Å²) in [7, 11) is 0. The summed E-state index contributed by atoms with van der Waals surface area (Å²) in [5, 5.41) is -1.63. The summed E-state index contributed by atoms with van der Waals surface area (Å²) in [5.41, 5.74) is -12.4. The van der Waals surface area contributed by atoms with Crippen LogP contribution in [0, 0.1) is 0 Å². The zero-order valence-corrected chi connectivity index (χ0v) is 24.9. The molecule has 0 amide bonds. The number of fused-ring (bicyclic) bond motifs is 3. The van der Waals surface area contributed by atoms with Crippen LogP contribution in [0.5, 0.6) is 0 Å². The van der Waals surface area contributed by atoms with Crippen LogP contribution in [-0.2, 0) is 0 Å². The molecule has 0 N–H and O–H groups in total. The Morgan fingerprint density at radius 1 is 0.360 bits per heavy atom. The molecule has 0 unspecified atom stereocenters. The van der Waals surface area contributed by atoms with Crippen molar-refractivity contribution in [1.29, 1.82) is 0 Å². The highest BCUT2D eigenvalue weighted by Crippen LogP contribution is 2.45. The Bertz CT molecular complexity index is 4260. The van der Waals surface area contributed by atoms with E-state index in [0.29, 0.717) is 4.57 Å². The maximum atomic E-state index is 9.72. The monoisotopic (exact) mass is 672 g/mol. The Morgan fingerprint density at radius 3 is 1.44 bits per heavy atom. The molecule has 0 atom stereocenters. The highest BCUT2D eigenvalue weighted by Gasteiger charge is 2.21. The van der Waals surface area contributed by atoms with Crippen LogP contribution in [0.25, 0.3) is 60.9 Å². The molecule has 0 aliphatic heterocycles. The zero-order valence-electron chi connectivity index (χ0n) is 58.9. The molecule has 8 aromatic carbocycles. The Morgan fingerprint density at radius 2 is 0.820 bits per heavy atom. The fraction of sp³-hybridized carbons (Fsp3) is 0. The minimum absolute atomic E-state index is 0.236. The van der Waals surface area contributed by atoms with Gasteiger partial charge in [-0.2, -0.15) is 0 Å². The molecule has 50 heavy (non-hydrogen) atoms. The summed E-state index contributed by atoms with van der Waals surface area (Å²) in [5.74, 6) is 0. The SMILES string of the molecule is [2H]c1c([2H])c([2H])c(-c2c([2H])c([2H])c(N(c3c([2H])c([2H])c(-c4c([2H])c([2H])c([2H])c([2H])c4[2H])c([2H])c3[2H])c3c([2H])c([2H])c([2H])c([2H])c3-c3c([2H])c([2H])c([2H])c4c3c3c([2H])c([2H])c([2H])c([2H])c3n4-c3c([2H])c([2H])c([2H])c([2H])c3[2H])c([2H])c2[2H])c([2H])c1[2H]. The van der Waals surface area contributed by atoms with Crippen LogP contribution >= 0.6 is 0 Å². The molecular weight excluding hydrogens is 605 g/mol. The lowest BCUT2D eigenvalue weighted by Gasteiger charge is -2.28. The second-order valence-electron chi connectivity index (χ2n) is 10.0. The van der Waals surface area contributed by atoms with Crippen molar-refractivity contribution >= 4 is 38.9 Å². The molecule has 1 aromatic heterocycles. The Balaban J connectivity index is 1.60. The van der Waals surface area contributed by atoms with Gasteiger partial charge in [-0.1, -0.05) is 151 Å². The summed E-state index contributed by atoms with van der Waals surface area (Å²) >= 11 is 0. The first-order chi connectivity index (χ1) is 39.0. The molecule has 0 bridgehead atoms. The first kappa shape index (κ1) is 10.7. The second kappa shape index (κ2) is 12.8. The average Bonchev–Trinajstić information content (AvgIpc) is 1.43. The van der Waals surface area contributed by atoms with E-state index in [1.807, 2.05) is 0 Å². The van der Waals surface area contributed by atoms with Gasteiger partial charge in [0.05, 0.1) is 63.3 Å². The number of nitrogens with zero attached hydrogens (tertiary/aromatic N) is 2. The van der Waals surface area contributed by atoms with Crippen molar-refractivity contribution in [3.8, 4) is 39.1 Å². The van der Waals surface area contributed by atoms with Gasteiger partial charge in [-0.05, 0) is 82.2 Å². The number of benzene rings is 8. The number of hydrogen-bond acceptors (Lipinski definition) is 1. The number of para-hydroxylation sites is 3. The van der Waals surface area contributed by atoms with Crippen molar-refractivity contribution in [2.75, 3.05) is 4.90 Å². The normalized spacial score (nSPS) is 20.7. The van der Waals surface area contributed by atoms with Crippen LogP contribution in [0.1, 0.15) is 46.6 Å². The molecule has 9 rings (SSSR count). The van der Waals surface area contributed by atoms with Crippen molar-refractivity contribution in [2.24, 2.45) is 0 Å². The molecule has 0 aliphatic rings. The van der Waals surface area contributed by atoms with Crippen molar-refractivity contribution < 1.29 is 46.6 Å². The van der Waals surface area contributed by atoms with E-state index < -0.39 is 283 Å². The summed E-state index contributed by atoms with van der Waals surface area (Å²) in [6, 6.07) is -38.6. The smallest absolute Gasteiger partial charge is 0.0645 e. The molecule has 236 valence electrons. The van der Waals surface area contributed by atoms with Crippen molar-refractivity contribution in [2.45, 2.75) is 0 Å². The number of anilines is 3. The van der Waals surface area contributed by atoms with Crippen LogP contribution in [0.15, 0.2) is 205 Å². The molecular formula is C48H34N2. The lowest BCUT2D eigenvalue weighted by atomic mass is 9.96. The minimum Gasteiger partial charge on any atom is -0.310 e. The minimum atomic E-state index is -1.38. The summed E-state index contributed by atoms with van der Waals surface area (Å²) in [6.45, 7) is 0. The quantitative estimate of drug-likeness (QED) is 0.164. The van der Waals surface area contributed by atoms with E-state index >= 15 is 0 Å². The Hall–Kier alpha value is -6.64. The molecule has 9 aromatic rings. The summed E-state index contributed by atoms with van der Waals surface area (Å²) in [4.78, 5) is 0.236. The van der Waals surface area contributed by atoms with E-state index in [1.54, 1.807) is 0 Å². The highest BCUT2D eigenvalue weighted by molar-refractivity contribution is 6.17. The fourth-order valence-electron chi connectivity index (χ4n) is 5.17. The molecule has 0 saturated heterocycles. The molecule has 0 saturated carbocycles. The van der Waals surface area contributed by atoms with Crippen LogP contribution < -0.4 is 4.90 Å². The van der Waals surface area contributed by atoms with Crippen molar-refractivity contribution in [1.82, 2.24) is 4.57 Å². The predicted octanol–water partition coefficient (Wildman–Crippen LogP) is 13.3. The van der Waals surface area contributed by atoms with Gasteiger partial charge in [-0.15, -0.1) is 0 Å². The molecule has 2 heteroatoms. The van der Waals surface area contributed by atoms with Crippen LogP contribution in [0.2, 0.25) is 0 Å². The Kier molecular flexibility index (Phi) is 2.72. The third-order valence-corrected chi connectivity index (χ3v) is 7.24. The standard InChI is InChI=1S/C48H34N2/c1-4-15-35(16-5-1)37-27-31-40(32-28-37)49(41-33-29-38(30-34-41)36-17-6-2-7-18-36)45-24-12-10-21-42(45)43-23-14-26-47-48(43)44-22-11-13-25-46(44)50(47)39-19-8-3-9-20-39/h1-34H/i1D,2D,3D,4D,5D,6D,7D,8D,9D,10D,11D,12D,13D,14D,15D,16D,17D,18D,19D,20D,21D,22D,23D,24D,25D,26D,27D,28D,29D,30D,31D,32D,33D,34D. The molecule has 0 fully saturated rings. The lowest BCUT2D eigenvalue weighted by Crippen LogP contribution is -2.11. The summed E-state index contributed by atoms with van der Waals surface area (Å²) in [6.07, 6.45) is 0. The topological polar surface area (TPSA) is 8.17 Å². The van der Waals surface area contributed by atoms with E-state index in [-0.39, 0.29) is 4.90 Å². The number of hydrogen-bond donors (Lipinski definition) is 0. The van der Waals surface area contributed by atoms with Gasteiger partial charge < -0.3 is 9.47 Å². The van der Waals surface area contributed by atoms with Gasteiger partial charge in [-0.25, -0.2) is 0 Å². The van der Waals surface area contributed by atoms with Gasteiger partial charge in [0, 0.05) is 33.4 Å². The first-order valence-electron chi connectivity index (χ1n) is 31.3. The molecule has 0 radical (unpaired) electrons. The fourth-order valence-corrected chi connectivity index (χ4v) is 5.17. The maximum absolute atomic E-state index is 9.72. The summed E-state index contributed by atoms with van der Waals surface area (Å²) < 4.78 is 306. The highest BCUT2D eigenvalue weighted by atomic mass is 15.1. The van der Waals surface area contributed by atoms with Crippen molar-refractivity contribution in [3.63, 3.8) is 0 Å². The van der Waals surface area contributed by atoms with Gasteiger partial charge in [0.1, 0.15) is 0 Å². The second-order valence-corrected chi connectivity index (χ2v) is 10.0. The van der Waals surface area contributed by atoms with E-state index in [9.17, 15) is 20.6 Å². The molecule has 2 nitrogen and oxygen atoms in total. The van der Waals surface area contributed by atoms with E-state index in [4.69, 9.17) is 26.0 Å². The molecule has 0 spiro atoms. The van der Waals surface area contributed by atoms with Gasteiger partial charge in [0.2, 0.25) is 0 Å². The van der Waals surface area contributed by atoms with Crippen LogP contribution in [0.3, 0.4) is 0 Å². The van der Waals surface area contributed by atoms with E-state index in [1.165, 1.54) is 0 Å². The first-order valence-corrected chi connectivity index (χ1v) is 14.3. The lowest BCUT2D eigenvalue weighted by molar-refractivity contribution is 1.18. The van der Waals surface area contributed by atoms with E-state index in [0.717, 1.165) is 0 Å². The largest absolute Gasteiger partial charge is 0.310 e. The van der Waals surface area contributed by atoms with Gasteiger partial charge in [0.15, 0.2) is 0 Å².